The molecular formula is C16H16N2O5S. The molecule has 0 saturated heterocycles. The summed E-state index contributed by atoms with van der Waals surface area (Å²) in [5.74, 6) is 0.527. The molecule has 0 spiro atoms. The van der Waals surface area contributed by atoms with Gasteiger partial charge in [-0.15, -0.1) is 6.58 Å². The van der Waals surface area contributed by atoms with E-state index in [-0.39, 0.29) is 22.8 Å². The summed E-state index contributed by atoms with van der Waals surface area (Å²) in [5, 5.41) is 10.9. The summed E-state index contributed by atoms with van der Waals surface area (Å²) < 4.78 is 31.8. The molecule has 2 rings (SSSR count). The van der Waals surface area contributed by atoms with E-state index >= 15 is 0 Å². The van der Waals surface area contributed by atoms with Gasteiger partial charge in [0.25, 0.3) is 15.7 Å². The highest BCUT2D eigenvalue weighted by Crippen LogP contribution is 2.27. The minimum absolute atomic E-state index is 0.0183. The van der Waals surface area contributed by atoms with Gasteiger partial charge in [0.1, 0.15) is 5.75 Å². The zero-order valence-corrected chi connectivity index (χ0v) is 13.8. The maximum atomic E-state index is 12.9. The lowest BCUT2D eigenvalue weighted by Crippen LogP contribution is -2.31. The second-order valence-corrected chi connectivity index (χ2v) is 6.64. The van der Waals surface area contributed by atoms with Gasteiger partial charge in [0.15, 0.2) is 0 Å². The van der Waals surface area contributed by atoms with Crippen molar-refractivity contribution in [2.75, 3.05) is 18.0 Å². The van der Waals surface area contributed by atoms with E-state index in [0.717, 1.165) is 4.31 Å². The Morgan fingerprint density at radius 3 is 2.46 bits per heavy atom. The zero-order chi connectivity index (χ0) is 17.7. The molecule has 0 aliphatic rings. The molecule has 0 atom stereocenters. The van der Waals surface area contributed by atoms with E-state index in [1.807, 2.05) is 0 Å². The van der Waals surface area contributed by atoms with Crippen molar-refractivity contribution < 1.29 is 18.1 Å². The quantitative estimate of drug-likeness (QED) is 0.436. The van der Waals surface area contributed by atoms with Gasteiger partial charge in [-0.3, -0.25) is 14.4 Å². The molecule has 0 fully saturated rings. The van der Waals surface area contributed by atoms with Gasteiger partial charge >= 0.3 is 0 Å². The Morgan fingerprint density at radius 2 is 1.92 bits per heavy atom. The average molecular weight is 348 g/mol. The van der Waals surface area contributed by atoms with Crippen LogP contribution in [0.2, 0.25) is 0 Å². The smallest absolute Gasteiger partial charge is 0.271 e. The Bertz CT molecular complexity index is 847. The molecule has 0 N–H and O–H groups in total. The summed E-state index contributed by atoms with van der Waals surface area (Å²) in [7, 11) is -2.42. The highest BCUT2D eigenvalue weighted by Gasteiger charge is 2.25. The van der Waals surface area contributed by atoms with Crippen LogP contribution in [-0.4, -0.2) is 27.0 Å². The topological polar surface area (TPSA) is 89.8 Å². The van der Waals surface area contributed by atoms with Gasteiger partial charge in [-0.2, -0.15) is 0 Å². The Hall–Kier alpha value is -2.87. The fourth-order valence-electron chi connectivity index (χ4n) is 2.10. The Labute approximate surface area is 140 Å². The largest absolute Gasteiger partial charge is 0.497 e. The van der Waals surface area contributed by atoms with Crippen LogP contribution in [0.1, 0.15) is 0 Å². The molecule has 0 aliphatic heterocycles. The first-order valence-corrected chi connectivity index (χ1v) is 8.36. The molecule has 0 aliphatic carbocycles. The van der Waals surface area contributed by atoms with Crippen LogP contribution in [-0.2, 0) is 10.0 Å². The summed E-state index contributed by atoms with van der Waals surface area (Å²) in [6.07, 6.45) is 1.42. The SMILES string of the molecule is C=CCN(c1cccc([N+](=O)[O-])c1)S(=O)(=O)c1ccc(OC)cc1. The summed E-state index contributed by atoms with van der Waals surface area (Å²) in [5.41, 5.74) is 0.00594. The Kier molecular flexibility index (Phi) is 5.20. The number of nitro benzene ring substituents is 1. The first kappa shape index (κ1) is 17.5. The summed E-state index contributed by atoms with van der Waals surface area (Å²) in [4.78, 5) is 10.4. The van der Waals surface area contributed by atoms with Crippen molar-refractivity contribution in [3.05, 3.63) is 71.3 Å². The molecule has 0 aromatic heterocycles. The van der Waals surface area contributed by atoms with Gasteiger partial charge in [0.05, 0.1) is 29.2 Å². The van der Waals surface area contributed by atoms with Crippen molar-refractivity contribution in [3.63, 3.8) is 0 Å². The number of sulfonamides is 1. The van der Waals surface area contributed by atoms with Crippen molar-refractivity contribution in [2.45, 2.75) is 4.90 Å². The fraction of sp³-hybridized carbons (Fsp3) is 0.125. The molecule has 0 saturated carbocycles. The highest BCUT2D eigenvalue weighted by molar-refractivity contribution is 7.92. The van der Waals surface area contributed by atoms with E-state index in [1.165, 1.54) is 61.7 Å². The molecule has 126 valence electrons. The number of methoxy groups -OCH3 is 1. The lowest BCUT2D eigenvalue weighted by molar-refractivity contribution is -0.384. The normalized spacial score (nSPS) is 10.9. The number of anilines is 1. The second kappa shape index (κ2) is 7.14. The molecule has 0 bridgehead atoms. The molecule has 8 heteroatoms. The van der Waals surface area contributed by atoms with E-state index in [9.17, 15) is 18.5 Å². The summed E-state index contributed by atoms with van der Waals surface area (Å²) >= 11 is 0. The van der Waals surface area contributed by atoms with E-state index in [1.54, 1.807) is 0 Å². The molecular weight excluding hydrogens is 332 g/mol. The third-order valence-corrected chi connectivity index (χ3v) is 5.08. The third kappa shape index (κ3) is 3.54. The predicted molar refractivity (Wildman–Crippen MR) is 90.8 cm³/mol. The van der Waals surface area contributed by atoms with Crippen LogP contribution in [0.4, 0.5) is 11.4 Å². The Morgan fingerprint density at radius 1 is 1.25 bits per heavy atom. The van der Waals surface area contributed by atoms with Gasteiger partial charge in [0, 0.05) is 12.1 Å². The average Bonchev–Trinajstić information content (AvgIpc) is 2.59. The number of nitro groups is 1. The maximum Gasteiger partial charge on any atom is 0.271 e. The van der Waals surface area contributed by atoms with Gasteiger partial charge in [-0.25, -0.2) is 8.42 Å². The number of nitrogens with zero attached hydrogens (tertiary/aromatic N) is 2. The zero-order valence-electron chi connectivity index (χ0n) is 13.0. The van der Waals surface area contributed by atoms with Crippen LogP contribution < -0.4 is 9.04 Å². The molecule has 24 heavy (non-hydrogen) atoms. The fourth-order valence-corrected chi connectivity index (χ4v) is 3.52. The number of hydrogen-bond donors (Lipinski definition) is 0. The molecule has 0 heterocycles. The van der Waals surface area contributed by atoms with Crippen LogP contribution in [0.5, 0.6) is 5.75 Å². The lowest BCUT2D eigenvalue weighted by atomic mass is 10.3. The van der Waals surface area contributed by atoms with Crippen molar-refractivity contribution in [3.8, 4) is 5.75 Å². The summed E-state index contributed by atoms with van der Waals surface area (Å²) in [6.45, 7) is 3.54. The van der Waals surface area contributed by atoms with Gasteiger partial charge in [-0.05, 0) is 30.3 Å². The summed E-state index contributed by atoms with van der Waals surface area (Å²) in [6, 6.07) is 11.4. The monoisotopic (exact) mass is 348 g/mol. The number of ether oxygens (including phenoxy) is 1. The molecule has 0 unspecified atom stereocenters. The number of rotatable bonds is 7. The van der Waals surface area contributed by atoms with Crippen LogP contribution >= 0.6 is 0 Å². The minimum atomic E-state index is -3.90. The van der Waals surface area contributed by atoms with Crippen molar-refractivity contribution >= 4 is 21.4 Å². The number of hydrogen-bond acceptors (Lipinski definition) is 5. The van der Waals surface area contributed by atoms with E-state index in [0.29, 0.717) is 5.75 Å². The van der Waals surface area contributed by atoms with Crippen molar-refractivity contribution in [2.24, 2.45) is 0 Å². The first-order valence-electron chi connectivity index (χ1n) is 6.92. The van der Waals surface area contributed by atoms with Gasteiger partial charge in [-0.1, -0.05) is 12.1 Å². The van der Waals surface area contributed by atoms with Gasteiger partial charge < -0.3 is 4.74 Å². The van der Waals surface area contributed by atoms with Crippen molar-refractivity contribution in [1.29, 1.82) is 0 Å². The molecule has 0 amide bonds. The van der Waals surface area contributed by atoms with Crippen LogP contribution in [0, 0.1) is 10.1 Å². The number of benzene rings is 2. The van der Waals surface area contributed by atoms with E-state index in [2.05, 4.69) is 6.58 Å². The first-order chi connectivity index (χ1) is 11.4. The lowest BCUT2D eigenvalue weighted by Gasteiger charge is -2.23. The molecule has 0 radical (unpaired) electrons. The molecule has 7 nitrogen and oxygen atoms in total. The third-order valence-electron chi connectivity index (χ3n) is 3.27. The molecule has 2 aromatic carbocycles. The standard InChI is InChI=1S/C16H16N2O5S/c1-3-11-17(13-5-4-6-14(12-13)18(19)20)24(21,22)16-9-7-15(23-2)8-10-16/h3-10,12H,1,11H2,2H3. The van der Waals surface area contributed by atoms with E-state index < -0.39 is 14.9 Å². The van der Waals surface area contributed by atoms with Crippen molar-refractivity contribution in [1.82, 2.24) is 0 Å². The molecule has 2 aromatic rings. The minimum Gasteiger partial charge on any atom is -0.497 e. The van der Waals surface area contributed by atoms with Gasteiger partial charge in [0.2, 0.25) is 0 Å². The Balaban J connectivity index is 2.50. The number of non-ortho nitro benzene ring substituents is 1. The highest BCUT2D eigenvalue weighted by atomic mass is 32.2. The predicted octanol–water partition coefficient (Wildman–Crippen LogP) is 2.98. The van der Waals surface area contributed by atoms with E-state index in [4.69, 9.17) is 4.74 Å². The van der Waals surface area contributed by atoms with Crippen LogP contribution in [0.25, 0.3) is 0 Å². The van der Waals surface area contributed by atoms with Crippen LogP contribution in [0.15, 0.2) is 66.1 Å². The maximum absolute atomic E-state index is 12.9. The van der Waals surface area contributed by atoms with Crippen LogP contribution in [0.3, 0.4) is 0 Å². The second-order valence-electron chi connectivity index (χ2n) is 4.78.